The first-order chi connectivity index (χ1) is 10.2. The lowest BCUT2D eigenvalue weighted by Gasteiger charge is -2.32. The second-order valence-corrected chi connectivity index (χ2v) is 6.42. The van der Waals surface area contributed by atoms with E-state index >= 15 is 0 Å². The number of aromatic amines is 1. The molecule has 6 heteroatoms. The van der Waals surface area contributed by atoms with Crippen LogP contribution in [0.2, 0.25) is 0 Å². The van der Waals surface area contributed by atoms with Gasteiger partial charge in [-0.1, -0.05) is 36.0 Å². The number of aryl methyl sites for hydroxylation is 1. The predicted molar refractivity (Wildman–Crippen MR) is 84.7 cm³/mol. The Kier molecular flexibility index (Phi) is 4.17. The fraction of sp³-hybridized carbons (Fsp3) is 0.467. The summed E-state index contributed by atoms with van der Waals surface area (Å²) in [5, 5.41) is 11.3. The highest BCUT2D eigenvalue weighted by atomic mass is 32.2. The zero-order valence-electron chi connectivity index (χ0n) is 12.3. The van der Waals surface area contributed by atoms with E-state index in [1.54, 1.807) is 16.3 Å². The van der Waals surface area contributed by atoms with Crippen LogP contribution in [0.25, 0.3) is 0 Å². The molecule has 0 saturated heterocycles. The van der Waals surface area contributed by atoms with Crippen molar-refractivity contribution in [2.24, 2.45) is 0 Å². The number of aromatic nitrogens is 3. The molecule has 0 radical (unpaired) electrons. The van der Waals surface area contributed by atoms with Crippen molar-refractivity contribution in [2.45, 2.75) is 42.8 Å². The summed E-state index contributed by atoms with van der Waals surface area (Å²) in [6, 6.07) is 8.88. The highest BCUT2D eigenvalue weighted by molar-refractivity contribution is 7.99. The lowest BCUT2D eigenvalue weighted by molar-refractivity contribution is 0.508. The number of nitrogens with one attached hydrogen (secondary N) is 2. The van der Waals surface area contributed by atoms with E-state index in [2.05, 4.69) is 39.8 Å². The molecule has 2 atom stereocenters. The molecule has 1 aromatic carbocycles. The van der Waals surface area contributed by atoms with Crippen molar-refractivity contribution in [3.63, 3.8) is 0 Å². The molecule has 5 nitrogen and oxygen atoms in total. The number of hydrogen-bond donors (Lipinski definition) is 2. The minimum absolute atomic E-state index is 0.128. The zero-order valence-corrected chi connectivity index (χ0v) is 13.1. The molecule has 0 spiro atoms. The Bertz CT molecular complexity index is 678. The van der Waals surface area contributed by atoms with E-state index in [9.17, 15) is 4.79 Å². The monoisotopic (exact) mass is 304 g/mol. The van der Waals surface area contributed by atoms with Crippen molar-refractivity contribution in [1.29, 1.82) is 0 Å². The van der Waals surface area contributed by atoms with Crippen molar-refractivity contribution in [3.8, 4) is 0 Å². The molecule has 1 aliphatic rings. The molecule has 2 aromatic rings. The van der Waals surface area contributed by atoms with Crippen molar-refractivity contribution in [2.75, 3.05) is 7.05 Å². The molecular weight excluding hydrogens is 284 g/mol. The summed E-state index contributed by atoms with van der Waals surface area (Å²) in [7, 11) is 2.00. The van der Waals surface area contributed by atoms with Gasteiger partial charge in [-0.15, -0.1) is 5.10 Å². The quantitative estimate of drug-likeness (QED) is 0.906. The molecule has 0 amide bonds. The van der Waals surface area contributed by atoms with Crippen LogP contribution in [0.1, 0.15) is 30.5 Å². The third-order valence-corrected chi connectivity index (χ3v) is 5.40. The maximum atomic E-state index is 11.7. The molecule has 1 aliphatic carbocycles. The first-order valence-corrected chi connectivity index (χ1v) is 8.19. The van der Waals surface area contributed by atoms with Gasteiger partial charge in [0.2, 0.25) is 0 Å². The van der Waals surface area contributed by atoms with Gasteiger partial charge in [-0.25, -0.2) is 9.89 Å². The number of rotatable bonds is 4. The summed E-state index contributed by atoms with van der Waals surface area (Å²) in [6.07, 6.45) is 2.16. The van der Waals surface area contributed by atoms with Crippen LogP contribution >= 0.6 is 11.8 Å². The predicted octanol–water partition coefficient (Wildman–Crippen LogP) is 1.96. The number of H-pyrrole nitrogens is 1. The molecule has 2 N–H and O–H groups in total. The summed E-state index contributed by atoms with van der Waals surface area (Å²) in [5.74, 6) is 0. The molecule has 21 heavy (non-hydrogen) atoms. The van der Waals surface area contributed by atoms with Gasteiger partial charge in [0.1, 0.15) is 0 Å². The second kappa shape index (κ2) is 6.07. The molecule has 1 aromatic heterocycles. The van der Waals surface area contributed by atoms with E-state index in [-0.39, 0.29) is 11.7 Å². The Morgan fingerprint density at radius 1 is 1.48 bits per heavy atom. The van der Waals surface area contributed by atoms with Crippen molar-refractivity contribution < 1.29 is 0 Å². The average molecular weight is 304 g/mol. The van der Waals surface area contributed by atoms with Gasteiger partial charge in [-0.2, -0.15) is 0 Å². The smallest absolute Gasteiger partial charge is 0.312 e. The van der Waals surface area contributed by atoms with Gasteiger partial charge in [0, 0.05) is 17.8 Å². The average Bonchev–Trinajstić information content (AvgIpc) is 2.87. The van der Waals surface area contributed by atoms with Crippen LogP contribution in [0.4, 0.5) is 0 Å². The van der Waals surface area contributed by atoms with Crippen LogP contribution in [0.5, 0.6) is 0 Å². The number of benzene rings is 1. The van der Waals surface area contributed by atoms with Gasteiger partial charge in [0.15, 0.2) is 5.16 Å². The van der Waals surface area contributed by atoms with Crippen LogP contribution < -0.4 is 11.0 Å². The highest BCUT2D eigenvalue weighted by Gasteiger charge is 2.30. The number of nitrogens with zero attached hydrogens (tertiary/aromatic N) is 2. The third kappa shape index (κ3) is 2.65. The van der Waals surface area contributed by atoms with E-state index in [1.165, 1.54) is 11.1 Å². The first-order valence-electron chi connectivity index (χ1n) is 7.31. The van der Waals surface area contributed by atoms with Crippen molar-refractivity contribution in [3.05, 3.63) is 45.9 Å². The highest BCUT2D eigenvalue weighted by Crippen LogP contribution is 2.38. The minimum Gasteiger partial charge on any atom is -0.312 e. The Balaban J connectivity index is 1.88. The van der Waals surface area contributed by atoms with Crippen molar-refractivity contribution >= 4 is 11.8 Å². The normalized spacial score (nSPS) is 21.2. The maximum absolute atomic E-state index is 11.7. The third-order valence-electron chi connectivity index (χ3n) is 4.07. The van der Waals surface area contributed by atoms with Crippen LogP contribution in [-0.4, -0.2) is 27.1 Å². The summed E-state index contributed by atoms with van der Waals surface area (Å²) in [4.78, 5) is 11.7. The van der Waals surface area contributed by atoms with Crippen molar-refractivity contribution in [1.82, 2.24) is 20.1 Å². The molecule has 0 fully saturated rings. The number of fused-ring (bicyclic) bond motifs is 1. The fourth-order valence-corrected chi connectivity index (χ4v) is 4.37. The van der Waals surface area contributed by atoms with Gasteiger partial charge >= 0.3 is 5.69 Å². The second-order valence-electron chi connectivity index (χ2n) is 5.22. The van der Waals surface area contributed by atoms with E-state index < -0.39 is 0 Å². The first kappa shape index (κ1) is 14.4. The van der Waals surface area contributed by atoms with Gasteiger partial charge in [-0.3, -0.25) is 4.57 Å². The summed E-state index contributed by atoms with van der Waals surface area (Å²) in [5.41, 5.74) is 2.66. The number of thioether (sulfide) groups is 1. The van der Waals surface area contributed by atoms with Crippen LogP contribution in [0.3, 0.4) is 0 Å². The summed E-state index contributed by atoms with van der Waals surface area (Å²) < 4.78 is 1.69. The Hall–Kier alpha value is -1.53. The van der Waals surface area contributed by atoms with Gasteiger partial charge < -0.3 is 5.32 Å². The molecule has 2 unspecified atom stereocenters. The lowest BCUT2D eigenvalue weighted by atomic mass is 9.87. The minimum atomic E-state index is -0.128. The standard InChI is InChI=1S/C15H20N4OS/c1-3-19-14(20)17-18-15(19)21-12-9-8-10-6-4-5-7-11(10)13(12)16-2/h4-7,12-13,16H,3,8-9H2,1-2H3,(H,17,20). The molecular formula is C15H20N4OS. The maximum Gasteiger partial charge on any atom is 0.343 e. The molecule has 0 aliphatic heterocycles. The van der Waals surface area contributed by atoms with Crippen LogP contribution in [0.15, 0.2) is 34.2 Å². The van der Waals surface area contributed by atoms with Gasteiger partial charge in [-0.05, 0) is 37.9 Å². The van der Waals surface area contributed by atoms with Crippen LogP contribution in [-0.2, 0) is 13.0 Å². The zero-order chi connectivity index (χ0) is 14.8. The Morgan fingerprint density at radius 2 is 2.29 bits per heavy atom. The lowest BCUT2D eigenvalue weighted by Crippen LogP contribution is -2.32. The SMILES string of the molecule is CCn1c(SC2CCc3ccccc3C2NC)n[nH]c1=O. The van der Waals surface area contributed by atoms with Crippen LogP contribution in [0, 0.1) is 0 Å². The van der Waals surface area contributed by atoms with E-state index in [0.29, 0.717) is 11.8 Å². The fourth-order valence-electron chi connectivity index (χ4n) is 3.01. The summed E-state index contributed by atoms with van der Waals surface area (Å²) >= 11 is 1.69. The van der Waals surface area contributed by atoms with Gasteiger partial charge in [0.05, 0.1) is 0 Å². The van der Waals surface area contributed by atoms with E-state index in [0.717, 1.165) is 18.0 Å². The molecule has 112 valence electrons. The molecule has 0 bridgehead atoms. The molecule has 3 rings (SSSR count). The number of hydrogen-bond acceptors (Lipinski definition) is 4. The topological polar surface area (TPSA) is 62.7 Å². The van der Waals surface area contributed by atoms with Gasteiger partial charge in [0.25, 0.3) is 0 Å². The summed E-state index contributed by atoms with van der Waals surface area (Å²) in [6.45, 7) is 2.61. The van der Waals surface area contributed by atoms with E-state index in [1.807, 2.05) is 14.0 Å². The molecule has 0 saturated carbocycles. The Labute approximate surface area is 128 Å². The largest absolute Gasteiger partial charge is 0.343 e. The Morgan fingerprint density at radius 3 is 3.05 bits per heavy atom. The van der Waals surface area contributed by atoms with E-state index in [4.69, 9.17) is 0 Å². The molecule has 1 heterocycles.